The molecule has 6 nitrogen and oxygen atoms in total. The first kappa shape index (κ1) is 17.8. The third kappa shape index (κ3) is 3.00. The van der Waals surface area contributed by atoms with Gasteiger partial charge in [0.25, 0.3) is 0 Å². The van der Waals surface area contributed by atoms with Crippen LogP contribution < -0.4 is 5.32 Å². The second kappa shape index (κ2) is 6.51. The zero-order valence-corrected chi connectivity index (χ0v) is 15.6. The van der Waals surface area contributed by atoms with Gasteiger partial charge in [0.1, 0.15) is 5.41 Å². The molecule has 0 atom stereocenters. The lowest BCUT2D eigenvalue weighted by Crippen LogP contribution is -2.51. The van der Waals surface area contributed by atoms with Crippen LogP contribution in [0.2, 0.25) is 5.02 Å². The number of carbonyl (C=O) groups excluding carboxylic acids is 2. The van der Waals surface area contributed by atoms with Crippen molar-refractivity contribution < 1.29 is 19.1 Å². The SMILES string of the molecule is Cc1c(Cl)cccc1NC(=O)C1(C(=O)N2CCC3(CC2)OCCO3)CC1. The van der Waals surface area contributed by atoms with E-state index < -0.39 is 11.2 Å². The van der Waals surface area contributed by atoms with Gasteiger partial charge in [0, 0.05) is 36.6 Å². The van der Waals surface area contributed by atoms with Crippen LogP contribution in [0.3, 0.4) is 0 Å². The summed E-state index contributed by atoms with van der Waals surface area (Å²) < 4.78 is 11.4. The van der Waals surface area contributed by atoms with Crippen LogP contribution in [0.25, 0.3) is 0 Å². The molecule has 1 aliphatic carbocycles. The molecule has 7 heteroatoms. The number of nitrogens with zero attached hydrogens (tertiary/aromatic N) is 1. The molecule has 2 aliphatic heterocycles. The molecule has 2 heterocycles. The van der Waals surface area contributed by atoms with E-state index in [-0.39, 0.29) is 11.8 Å². The lowest BCUT2D eigenvalue weighted by atomic mass is 9.98. The van der Waals surface area contributed by atoms with Crippen molar-refractivity contribution in [3.63, 3.8) is 0 Å². The van der Waals surface area contributed by atoms with E-state index in [1.807, 2.05) is 6.92 Å². The van der Waals surface area contributed by atoms with E-state index in [0.717, 1.165) is 5.56 Å². The summed E-state index contributed by atoms with van der Waals surface area (Å²) in [5.74, 6) is -0.836. The Morgan fingerprint density at radius 3 is 2.38 bits per heavy atom. The minimum absolute atomic E-state index is 0.0810. The molecule has 2 saturated heterocycles. The fourth-order valence-electron chi connectivity index (χ4n) is 3.79. The molecule has 3 aliphatic rings. The van der Waals surface area contributed by atoms with E-state index in [1.165, 1.54) is 0 Å². The molecule has 140 valence electrons. The third-order valence-electron chi connectivity index (χ3n) is 5.74. The van der Waals surface area contributed by atoms with Crippen molar-refractivity contribution in [2.45, 2.75) is 38.4 Å². The van der Waals surface area contributed by atoms with Crippen molar-refractivity contribution in [2.24, 2.45) is 5.41 Å². The van der Waals surface area contributed by atoms with Gasteiger partial charge in [-0.05, 0) is 37.5 Å². The van der Waals surface area contributed by atoms with Gasteiger partial charge in [-0.15, -0.1) is 0 Å². The van der Waals surface area contributed by atoms with E-state index in [9.17, 15) is 9.59 Å². The van der Waals surface area contributed by atoms with Crippen molar-refractivity contribution in [1.82, 2.24) is 4.90 Å². The van der Waals surface area contributed by atoms with Gasteiger partial charge < -0.3 is 19.7 Å². The molecule has 0 radical (unpaired) electrons. The van der Waals surface area contributed by atoms with Crippen molar-refractivity contribution in [2.75, 3.05) is 31.6 Å². The Balaban J connectivity index is 1.42. The van der Waals surface area contributed by atoms with Gasteiger partial charge in [-0.1, -0.05) is 17.7 Å². The highest BCUT2D eigenvalue weighted by atomic mass is 35.5. The summed E-state index contributed by atoms with van der Waals surface area (Å²) in [4.78, 5) is 27.7. The number of rotatable bonds is 3. The molecular formula is C19H23ClN2O4. The van der Waals surface area contributed by atoms with E-state index in [1.54, 1.807) is 23.1 Å². The molecule has 1 N–H and O–H groups in total. The number of amides is 2. The summed E-state index contributed by atoms with van der Waals surface area (Å²) >= 11 is 6.12. The molecule has 4 rings (SSSR count). The van der Waals surface area contributed by atoms with E-state index >= 15 is 0 Å². The maximum atomic E-state index is 13.0. The van der Waals surface area contributed by atoms with Crippen LogP contribution in [0.1, 0.15) is 31.2 Å². The lowest BCUT2D eigenvalue weighted by Gasteiger charge is -2.38. The zero-order valence-electron chi connectivity index (χ0n) is 14.8. The zero-order chi connectivity index (χ0) is 18.4. The number of halogens is 1. The smallest absolute Gasteiger partial charge is 0.240 e. The summed E-state index contributed by atoms with van der Waals surface area (Å²) in [6, 6.07) is 5.37. The van der Waals surface area contributed by atoms with Gasteiger partial charge in [0.15, 0.2) is 5.79 Å². The maximum Gasteiger partial charge on any atom is 0.240 e. The van der Waals surface area contributed by atoms with Crippen LogP contribution >= 0.6 is 11.6 Å². The number of piperidine rings is 1. The Labute approximate surface area is 157 Å². The van der Waals surface area contributed by atoms with Crippen molar-refractivity contribution in [3.05, 3.63) is 28.8 Å². The van der Waals surface area contributed by atoms with E-state index in [4.69, 9.17) is 21.1 Å². The van der Waals surface area contributed by atoms with Crippen LogP contribution in [0.15, 0.2) is 18.2 Å². The second-order valence-corrected chi connectivity index (χ2v) is 7.76. The first-order chi connectivity index (χ1) is 12.5. The average molecular weight is 379 g/mol. The van der Waals surface area contributed by atoms with Crippen molar-refractivity contribution >= 4 is 29.1 Å². The maximum absolute atomic E-state index is 13.0. The van der Waals surface area contributed by atoms with Gasteiger partial charge in [-0.2, -0.15) is 0 Å². The summed E-state index contributed by atoms with van der Waals surface area (Å²) in [6.45, 7) is 4.19. The summed E-state index contributed by atoms with van der Waals surface area (Å²) in [6.07, 6.45) is 2.49. The minimum atomic E-state index is -0.934. The van der Waals surface area contributed by atoms with Crippen molar-refractivity contribution in [3.8, 4) is 0 Å². The average Bonchev–Trinajstić information content (AvgIpc) is 3.34. The monoisotopic (exact) mass is 378 g/mol. The summed E-state index contributed by atoms with van der Waals surface area (Å²) in [5.41, 5.74) is 0.532. The minimum Gasteiger partial charge on any atom is -0.347 e. The highest BCUT2D eigenvalue weighted by molar-refractivity contribution is 6.31. The second-order valence-electron chi connectivity index (χ2n) is 7.35. The number of carbonyl (C=O) groups is 2. The number of likely N-dealkylation sites (tertiary alicyclic amines) is 1. The number of nitrogens with one attached hydrogen (secondary N) is 1. The van der Waals surface area contributed by atoms with Gasteiger partial charge in [-0.25, -0.2) is 0 Å². The molecule has 1 aromatic carbocycles. The molecule has 0 unspecified atom stereocenters. The predicted molar refractivity (Wildman–Crippen MR) is 96.9 cm³/mol. The fraction of sp³-hybridized carbons (Fsp3) is 0.579. The Hall–Kier alpha value is -1.63. The normalized spacial score (nSPS) is 23.1. The molecule has 3 fully saturated rings. The number of hydrogen-bond donors (Lipinski definition) is 1. The van der Waals surface area contributed by atoms with Gasteiger partial charge in [0.05, 0.1) is 13.2 Å². The molecule has 0 bridgehead atoms. The highest BCUT2D eigenvalue weighted by Gasteiger charge is 2.58. The largest absolute Gasteiger partial charge is 0.347 e. The van der Waals surface area contributed by atoms with Crippen molar-refractivity contribution in [1.29, 1.82) is 0 Å². The number of benzene rings is 1. The molecule has 2 amide bonds. The predicted octanol–water partition coefficient (Wildman–Crippen LogP) is 2.73. The molecule has 1 saturated carbocycles. The Morgan fingerprint density at radius 1 is 1.12 bits per heavy atom. The molecule has 1 aromatic rings. The first-order valence-electron chi connectivity index (χ1n) is 9.10. The van der Waals surface area contributed by atoms with E-state index in [0.29, 0.717) is 62.7 Å². The summed E-state index contributed by atoms with van der Waals surface area (Å²) in [7, 11) is 0. The number of ether oxygens (including phenoxy) is 2. The number of anilines is 1. The Bertz CT molecular complexity index is 731. The lowest BCUT2D eigenvalue weighted by molar-refractivity contribution is -0.188. The van der Waals surface area contributed by atoms with Crippen LogP contribution in [-0.4, -0.2) is 48.8 Å². The number of hydrogen-bond acceptors (Lipinski definition) is 4. The van der Waals surface area contributed by atoms with Gasteiger partial charge in [0.2, 0.25) is 11.8 Å². The third-order valence-corrected chi connectivity index (χ3v) is 6.15. The Kier molecular flexibility index (Phi) is 4.45. The molecule has 1 spiro atoms. The highest BCUT2D eigenvalue weighted by Crippen LogP contribution is 2.49. The molecular weight excluding hydrogens is 356 g/mol. The Morgan fingerprint density at radius 2 is 1.77 bits per heavy atom. The van der Waals surface area contributed by atoms with Crippen LogP contribution in [0.4, 0.5) is 5.69 Å². The summed E-state index contributed by atoms with van der Waals surface area (Å²) in [5, 5.41) is 3.50. The quantitative estimate of drug-likeness (QED) is 0.821. The van der Waals surface area contributed by atoms with Gasteiger partial charge in [-0.3, -0.25) is 9.59 Å². The van der Waals surface area contributed by atoms with Crippen LogP contribution in [0.5, 0.6) is 0 Å². The topological polar surface area (TPSA) is 67.9 Å². The van der Waals surface area contributed by atoms with Crippen LogP contribution in [-0.2, 0) is 19.1 Å². The van der Waals surface area contributed by atoms with E-state index in [2.05, 4.69) is 5.32 Å². The molecule has 26 heavy (non-hydrogen) atoms. The fourth-order valence-corrected chi connectivity index (χ4v) is 3.96. The molecule has 0 aromatic heterocycles. The first-order valence-corrected chi connectivity index (χ1v) is 9.48. The standard InChI is InChI=1S/C19H23ClN2O4/c1-13-14(20)3-2-4-15(13)21-16(23)18(5-6-18)17(24)22-9-7-19(8-10-22)25-11-12-26-19/h2-4H,5-12H2,1H3,(H,21,23). The van der Waals surface area contributed by atoms with Gasteiger partial charge >= 0.3 is 0 Å². The van der Waals surface area contributed by atoms with Crippen LogP contribution in [0, 0.1) is 12.3 Å².